The minimum absolute atomic E-state index is 0.0418. The fourth-order valence-corrected chi connectivity index (χ4v) is 5.74. The molecule has 3 aromatic heterocycles. The Morgan fingerprint density at radius 2 is 1.91 bits per heavy atom. The van der Waals surface area contributed by atoms with E-state index >= 15 is 4.39 Å². The molecule has 2 aliphatic rings. The normalized spacial score (nSPS) is 18.0. The Morgan fingerprint density at radius 3 is 2.61 bits per heavy atom. The molecular formula is C30H31F3N8O3. The number of alkyl halides is 2. The molecule has 6 rings (SSSR count). The van der Waals surface area contributed by atoms with Crippen LogP contribution in [-0.4, -0.2) is 57.3 Å². The monoisotopic (exact) mass is 608 g/mol. The van der Waals surface area contributed by atoms with Crippen LogP contribution in [-0.2, 0) is 9.47 Å². The molecule has 1 N–H and O–H groups in total. The molecule has 2 aliphatic heterocycles. The van der Waals surface area contributed by atoms with Gasteiger partial charge in [-0.15, -0.1) is 0 Å². The third-order valence-electron chi connectivity index (χ3n) is 7.91. The Hall–Kier alpha value is -4.48. The van der Waals surface area contributed by atoms with Crippen molar-refractivity contribution in [1.29, 1.82) is 5.26 Å². The summed E-state index contributed by atoms with van der Waals surface area (Å²) in [6.45, 7) is 5.54. The van der Waals surface area contributed by atoms with E-state index in [1.54, 1.807) is 30.8 Å². The minimum Gasteiger partial charge on any atom is -0.378 e. The van der Waals surface area contributed by atoms with Gasteiger partial charge in [0.15, 0.2) is 11.9 Å². The third kappa shape index (κ3) is 5.48. The number of nitrogens with one attached hydrogen (secondary N) is 1. The number of benzene rings is 1. The van der Waals surface area contributed by atoms with Crippen LogP contribution in [0.5, 0.6) is 0 Å². The maximum absolute atomic E-state index is 15.1. The van der Waals surface area contributed by atoms with E-state index in [1.807, 2.05) is 5.01 Å². The second-order valence-electron chi connectivity index (χ2n) is 10.8. The number of ether oxygens (including phenoxy) is 2. The summed E-state index contributed by atoms with van der Waals surface area (Å²) in [6, 6.07) is 6.73. The van der Waals surface area contributed by atoms with Crippen molar-refractivity contribution in [2.45, 2.75) is 51.8 Å². The first-order valence-corrected chi connectivity index (χ1v) is 14.5. The van der Waals surface area contributed by atoms with Gasteiger partial charge in [0.05, 0.1) is 60.1 Å². The van der Waals surface area contributed by atoms with Gasteiger partial charge in [0, 0.05) is 24.4 Å². The molecule has 2 fully saturated rings. The van der Waals surface area contributed by atoms with Crippen LogP contribution in [0.25, 0.3) is 22.2 Å². The summed E-state index contributed by atoms with van der Waals surface area (Å²) in [5.41, 5.74) is -0.0350. The number of fused-ring (bicyclic) bond motifs is 1. The van der Waals surface area contributed by atoms with Gasteiger partial charge in [-0.3, -0.25) is 4.79 Å². The molecule has 44 heavy (non-hydrogen) atoms. The first kappa shape index (κ1) is 29.6. The molecule has 2 saturated heterocycles. The first-order chi connectivity index (χ1) is 21.3. The fraction of sp³-hybridized carbons (Fsp3) is 0.433. The van der Waals surface area contributed by atoms with Gasteiger partial charge in [0.25, 0.3) is 12.0 Å². The number of hydrogen-bond donors (Lipinski definition) is 1. The Morgan fingerprint density at radius 1 is 1.14 bits per heavy atom. The molecule has 230 valence electrons. The zero-order valence-electron chi connectivity index (χ0n) is 24.3. The second-order valence-corrected chi connectivity index (χ2v) is 10.8. The summed E-state index contributed by atoms with van der Waals surface area (Å²) in [5.74, 6) is -0.395. The standard InChI is InChI=1S/C30H31F3N8O3/c1-17(20-6-5-7-21(26(20)31)28(32)33)35-29-22-16-40(39-9-12-43-13-10-39)30(42)25(27(22)36-18(2)37-29)23-14-19(15-34)38-41(23)24-8-3-4-11-44-24/h5-7,14,16-17,24,28H,3-4,8-13H2,1-2H3,(H,35,36,37)/t17-,24?/m1/s1. The van der Waals surface area contributed by atoms with Gasteiger partial charge in [-0.25, -0.2) is 32.5 Å². The van der Waals surface area contributed by atoms with Crippen molar-refractivity contribution in [2.75, 3.05) is 43.2 Å². The van der Waals surface area contributed by atoms with Crippen molar-refractivity contribution in [1.82, 2.24) is 24.4 Å². The highest BCUT2D eigenvalue weighted by Crippen LogP contribution is 2.35. The average Bonchev–Trinajstić information content (AvgIpc) is 3.45. The highest BCUT2D eigenvalue weighted by molar-refractivity contribution is 5.98. The topological polar surface area (TPSA) is 123 Å². The van der Waals surface area contributed by atoms with Crippen LogP contribution in [0, 0.1) is 24.1 Å². The summed E-state index contributed by atoms with van der Waals surface area (Å²) in [6.07, 6.45) is 0.635. The lowest BCUT2D eigenvalue weighted by Crippen LogP contribution is -2.49. The summed E-state index contributed by atoms with van der Waals surface area (Å²) < 4.78 is 56.6. The van der Waals surface area contributed by atoms with Crippen molar-refractivity contribution >= 4 is 16.7 Å². The van der Waals surface area contributed by atoms with Crippen molar-refractivity contribution in [3.8, 4) is 17.3 Å². The Bertz CT molecular complexity index is 1790. The maximum atomic E-state index is 15.1. The number of rotatable bonds is 7. The van der Waals surface area contributed by atoms with E-state index in [0.29, 0.717) is 61.8 Å². The van der Waals surface area contributed by atoms with Crippen LogP contribution in [0.4, 0.5) is 19.0 Å². The Balaban J connectivity index is 1.56. The average molecular weight is 609 g/mol. The van der Waals surface area contributed by atoms with E-state index in [-0.39, 0.29) is 28.2 Å². The lowest BCUT2D eigenvalue weighted by Gasteiger charge is -2.31. The van der Waals surface area contributed by atoms with Gasteiger partial charge in [-0.1, -0.05) is 18.2 Å². The van der Waals surface area contributed by atoms with Crippen LogP contribution < -0.4 is 15.9 Å². The lowest BCUT2D eigenvalue weighted by molar-refractivity contribution is -0.0384. The van der Waals surface area contributed by atoms with Gasteiger partial charge < -0.3 is 19.8 Å². The van der Waals surface area contributed by atoms with Gasteiger partial charge >= 0.3 is 0 Å². The van der Waals surface area contributed by atoms with Crippen LogP contribution in [0.3, 0.4) is 0 Å². The molecule has 4 aromatic rings. The van der Waals surface area contributed by atoms with Crippen molar-refractivity contribution in [3.63, 3.8) is 0 Å². The number of halogens is 3. The summed E-state index contributed by atoms with van der Waals surface area (Å²) in [4.78, 5) is 23.6. The van der Waals surface area contributed by atoms with Crippen LogP contribution in [0.15, 0.2) is 35.3 Å². The van der Waals surface area contributed by atoms with E-state index in [9.17, 15) is 18.8 Å². The molecular weight excluding hydrogens is 577 g/mol. The van der Waals surface area contributed by atoms with Gasteiger partial charge in [-0.05, 0) is 33.1 Å². The summed E-state index contributed by atoms with van der Waals surface area (Å²) in [5, 5.41) is 19.7. The zero-order valence-corrected chi connectivity index (χ0v) is 24.3. The number of morpholine rings is 1. The number of aryl methyl sites for hydroxylation is 1. The highest BCUT2D eigenvalue weighted by Gasteiger charge is 2.28. The molecule has 0 aliphatic carbocycles. The largest absolute Gasteiger partial charge is 0.378 e. The molecule has 0 amide bonds. The Kier molecular flexibility index (Phi) is 8.24. The summed E-state index contributed by atoms with van der Waals surface area (Å²) in [7, 11) is 0. The van der Waals surface area contributed by atoms with Crippen LogP contribution in [0.1, 0.15) is 67.5 Å². The SMILES string of the molecule is Cc1nc(N[C@H](C)c2cccc(C(F)F)c2F)c2cn(N3CCOCC3)c(=O)c(-c3cc(C#N)nn3C3CCCCO3)c2n1. The number of anilines is 1. The quantitative estimate of drug-likeness (QED) is 0.317. The van der Waals surface area contributed by atoms with Gasteiger partial charge in [-0.2, -0.15) is 10.4 Å². The number of nitrogens with zero attached hydrogens (tertiary/aromatic N) is 7. The van der Waals surface area contributed by atoms with Gasteiger partial charge in [0.2, 0.25) is 0 Å². The van der Waals surface area contributed by atoms with E-state index in [0.717, 1.165) is 18.9 Å². The number of pyridine rings is 1. The predicted octanol–water partition coefficient (Wildman–Crippen LogP) is 4.75. The molecule has 2 atom stereocenters. The van der Waals surface area contributed by atoms with E-state index in [1.165, 1.54) is 16.8 Å². The van der Waals surface area contributed by atoms with Crippen molar-refractivity contribution in [2.24, 2.45) is 0 Å². The summed E-state index contributed by atoms with van der Waals surface area (Å²) >= 11 is 0. The molecule has 0 bridgehead atoms. The van der Waals surface area contributed by atoms with Crippen molar-refractivity contribution < 1.29 is 22.6 Å². The fourth-order valence-electron chi connectivity index (χ4n) is 5.74. The zero-order chi connectivity index (χ0) is 31.0. The van der Waals surface area contributed by atoms with Crippen LogP contribution >= 0.6 is 0 Å². The highest BCUT2D eigenvalue weighted by atomic mass is 19.3. The third-order valence-corrected chi connectivity index (χ3v) is 7.91. The maximum Gasteiger partial charge on any atom is 0.280 e. The van der Waals surface area contributed by atoms with Crippen LogP contribution in [0.2, 0.25) is 0 Å². The first-order valence-electron chi connectivity index (χ1n) is 14.5. The molecule has 1 aromatic carbocycles. The lowest BCUT2D eigenvalue weighted by atomic mass is 10.0. The molecule has 0 saturated carbocycles. The van der Waals surface area contributed by atoms with E-state index in [2.05, 4.69) is 26.5 Å². The van der Waals surface area contributed by atoms with Crippen molar-refractivity contribution in [3.05, 3.63) is 69.3 Å². The number of hydrogen-bond acceptors (Lipinski definition) is 9. The Labute approximate surface area is 250 Å². The smallest absolute Gasteiger partial charge is 0.280 e. The number of nitriles is 1. The van der Waals surface area contributed by atoms with Gasteiger partial charge in [0.1, 0.15) is 23.5 Å². The molecule has 5 heterocycles. The molecule has 0 spiro atoms. The number of aromatic nitrogens is 5. The van der Waals surface area contributed by atoms with E-state index in [4.69, 9.17) is 9.47 Å². The molecule has 0 radical (unpaired) electrons. The second kappa shape index (κ2) is 12.3. The van der Waals surface area contributed by atoms with E-state index < -0.39 is 30.1 Å². The predicted molar refractivity (Wildman–Crippen MR) is 155 cm³/mol. The molecule has 1 unspecified atom stereocenters. The molecule has 14 heteroatoms. The molecule has 11 nitrogen and oxygen atoms in total. The minimum atomic E-state index is -2.97.